The third kappa shape index (κ3) is 4.20. The highest BCUT2D eigenvalue weighted by atomic mass is 32.1. The van der Waals surface area contributed by atoms with Gasteiger partial charge in [0.25, 0.3) is 0 Å². The summed E-state index contributed by atoms with van der Waals surface area (Å²) >= 11 is 4.96. The molecule has 108 valence electrons. The standard InChI is InChI=1S/C15H21N3OS/c16-14(20)13-7-5-6-12(10-13)11-17-15(19)18-8-3-1-2-4-9-18/h5-7,10H,1-4,8-9,11H2,(H2,16,20)(H,17,19). The maximum atomic E-state index is 12.1. The van der Waals surface area contributed by atoms with Crippen LogP contribution in [-0.4, -0.2) is 29.0 Å². The molecule has 0 atom stereocenters. The Morgan fingerprint density at radius 3 is 2.60 bits per heavy atom. The molecule has 4 nitrogen and oxygen atoms in total. The van der Waals surface area contributed by atoms with Crippen LogP contribution in [0.3, 0.4) is 0 Å². The van der Waals surface area contributed by atoms with Crippen LogP contribution in [0.4, 0.5) is 4.79 Å². The minimum absolute atomic E-state index is 0.0210. The lowest BCUT2D eigenvalue weighted by Gasteiger charge is -2.20. The number of thiocarbonyl (C=S) groups is 1. The lowest BCUT2D eigenvalue weighted by molar-refractivity contribution is 0.199. The molecule has 2 amide bonds. The van der Waals surface area contributed by atoms with Crippen molar-refractivity contribution in [1.82, 2.24) is 10.2 Å². The second-order valence-corrected chi connectivity index (χ2v) is 5.56. The highest BCUT2D eigenvalue weighted by molar-refractivity contribution is 7.80. The summed E-state index contributed by atoms with van der Waals surface area (Å²) in [5, 5.41) is 2.97. The van der Waals surface area contributed by atoms with E-state index in [0.29, 0.717) is 11.5 Å². The number of nitrogens with two attached hydrogens (primary N) is 1. The first-order chi connectivity index (χ1) is 9.66. The van der Waals surface area contributed by atoms with Crippen molar-refractivity contribution in [3.8, 4) is 0 Å². The number of hydrogen-bond donors (Lipinski definition) is 2. The van der Waals surface area contributed by atoms with Crippen molar-refractivity contribution >= 4 is 23.2 Å². The molecule has 0 aromatic heterocycles. The van der Waals surface area contributed by atoms with Crippen LogP contribution in [0.25, 0.3) is 0 Å². The SMILES string of the molecule is NC(=S)c1cccc(CNC(=O)N2CCCCCC2)c1. The third-order valence-corrected chi connectivity index (χ3v) is 3.78. The fourth-order valence-corrected chi connectivity index (χ4v) is 2.52. The van der Waals surface area contributed by atoms with Crippen molar-refractivity contribution in [2.75, 3.05) is 13.1 Å². The lowest BCUT2D eigenvalue weighted by atomic mass is 10.1. The van der Waals surface area contributed by atoms with Crippen LogP contribution >= 0.6 is 12.2 Å². The molecule has 1 aromatic carbocycles. The normalized spacial score (nSPS) is 15.5. The maximum absolute atomic E-state index is 12.1. The van der Waals surface area contributed by atoms with Gasteiger partial charge in [0, 0.05) is 25.2 Å². The topological polar surface area (TPSA) is 58.4 Å². The number of carbonyl (C=O) groups excluding carboxylic acids is 1. The number of likely N-dealkylation sites (tertiary alicyclic amines) is 1. The van der Waals surface area contributed by atoms with Crippen molar-refractivity contribution in [2.24, 2.45) is 5.73 Å². The molecule has 1 saturated heterocycles. The van der Waals surface area contributed by atoms with Crippen molar-refractivity contribution in [3.05, 3.63) is 35.4 Å². The Morgan fingerprint density at radius 2 is 1.95 bits per heavy atom. The summed E-state index contributed by atoms with van der Waals surface area (Å²) in [5.41, 5.74) is 7.46. The van der Waals surface area contributed by atoms with Crippen LogP contribution in [0, 0.1) is 0 Å². The highest BCUT2D eigenvalue weighted by Gasteiger charge is 2.14. The average molecular weight is 291 g/mol. The van der Waals surface area contributed by atoms with Crippen molar-refractivity contribution in [2.45, 2.75) is 32.2 Å². The van der Waals surface area contributed by atoms with E-state index in [1.165, 1.54) is 12.8 Å². The molecule has 1 aliphatic heterocycles. The Hall–Kier alpha value is -1.62. The molecule has 3 N–H and O–H groups in total. The molecule has 0 spiro atoms. The monoisotopic (exact) mass is 291 g/mol. The number of nitrogens with zero attached hydrogens (tertiary/aromatic N) is 1. The van der Waals surface area contributed by atoms with Crippen molar-refractivity contribution in [1.29, 1.82) is 0 Å². The molecule has 1 heterocycles. The van der Waals surface area contributed by atoms with Gasteiger partial charge in [-0.1, -0.05) is 43.3 Å². The summed E-state index contributed by atoms with van der Waals surface area (Å²) < 4.78 is 0. The van der Waals surface area contributed by atoms with E-state index >= 15 is 0 Å². The molecule has 20 heavy (non-hydrogen) atoms. The van der Waals surface area contributed by atoms with E-state index in [1.807, 2.05) is 29.2 Å². The van der Waals surface area contributed by atoms with E-state index in [4.69, 9.17) is 18.0 Å². The number of amides is 2. The molecule has 0 saturated carbocycles. The fraction of sp³-hybridized carbons (Fsp3) is 0.467. The van der Waals surface area contributed by atoms with Crippen LogP contribution in [0.15, 0.2) is 24.3 Å². The predicted molar refractivity (Wildman–Crippen MR) is 84.6 cm³/mol. The fourth-order valence-electron chi connectivity index (χ4n) is 2.40. The molecule has 1 aromatic rings. The lowest BCUT2D eigenvalue weighted by Crippen LogP contribution is -2.40. The zero-order chi connectivity index (χ0) is 14.4. The van der Waals surface area contributed by atoms with Crippen LogP contribution in [0.2, 0.25) is 0 Å². The average Bonchev–Trinajstić information content (AvgIpc) is 2.74. The van der Waals surface area contributed by atoms with Crippen LogP contribution in [0.5, 0.6) is 0 Å². The maximum Gasteiger partial charge on any atom is 0.317 e. The molecule has 0 radical (unpaired) electrons. The van der Waals surface area contributed by atoms with E-state index < -0.39 is 0 Å². The quantitative estimate of drug-likeness (QED) is 0.841. The van der Waals surface area contributed by atoms with E-state index in [-0.39, 0.29) is 6.03 Å². The molecule has 5 heteroatoms. The molecular weight excluding hydrogens is 270 g/mol. The van der Waals surface area contributed by atoms with Gasteiger partial charge in [0.15, 0.2) is 0 Å². The molecule has 0 unspecified atom stereocenters. The summed E-state index contributed by atoms with van der Waals surface area (Å²) in [6.45, 7) is 2.23. The van der Waals surface area contributed by atoms with Gasteiger partial charge in [-0.2, -0.15) is 0 Å². The third-order valence-electron chi connectivity index (χ3n) is 3.55. The number of hydrogen-bond acceptors (Lipinski definition) is 2. The largest absolute Gasteiger partial charge is 0.389 e. The van der Waals surface area contributed by atoms with Crippen LogP contribution in [0.1, 0.15) is 36.8 Å². The minimum Gasteiger partial charge on any atom is -0.389 e. The molecule has 1 aliphatic rings. The molecule has 1 fully saturated rings. The number of carbonyl (C=O) groups is 1. The second kappa shape index (κ2) is 7.24. The minimum atomic E-state index is 0.0210. The van der Waals surface area contributed by atoms with Gasteiger partial charge in [-0.3, -0.25) is 0 Å². The summed E-state index contributed by atoms with van der Waals surface area (Å²) in [4.78, 5) is 14.4. The second-order valence-electron chi connectivity index (χ2n) is 5.12. The summed E-state index contributed by atoms with van der Waals surface area (Å²) in [5.74, 6) is 0. The van der Waals surface area contributed by atoms with Gasteiger partial charge in [-0.05, 0) is 24.5 Å². The Labute approximate surface area is 125 Å². The molecule has 0 bridgehead atoms. The molecular formula is C15H21N3OS. The van der Waals surface area contributed by atoms with Gasteiger partial charge in [0.2, 0.25) is 0 Å². The van der Waals surface area contributed by atoms with Crippen LogP contribution in [-0.2, 0) is 6.54 Å². The summed E-state index contributed by atoms with van der Waals surface area (Å²) in [6, 6.07) is 7.69. The molecule has 2 rings (SSSR count). The van der Waals surface area contributed by atoms with Gasteiger partial charge >= 0.3 is 6.03 Å². The number of urea groups is 1. The Bertz CT molecular complexity index is 482. The number of benzene rings is 1. The first-order valence-corrected chi connectivity index (χ1v) is 7.49. The van der Waals surface area contributed by atoms with Gasteiger partial charge in [-0.15, -0.1) is 0 Å². The van der Waals surface area contributed by atoms with E-state index in [9.17, 15) is 4.79 Å². The van der Waals surface area contributed by atoms with E-state index in [0.717, 1.165) is 37.1 Å². The first kappa shape index (κ1) is 14.8. The van der Waals surface area contributed by atoms with Crippen molar-refractivity contribution < 1.29 is 4.79 Å². The predicted octanol–water partition coefficient (Wildman–Crippen LogP) is 2.41. The van der Waals surface area contributed by atoms with Gasteiger partial charge in [0.05, 0.1) is 0 Å². The van der Waals surface area contributed by atoms with Gasteiger partial charge < -0.3 is 16.0 Å². The Balaban J connectivity index is 1.89. The smallest absolute Gasteiger partial charge is 0.317 e. The highest BCUT2D eigenvalue weighted by Crippen LogP contribution is 2.10. The number of nitrogens with one attached hydrogen (secondary N) is 1. The first-order valence-electron chi connectivity index (χ1n) is 7.08. The summed E-state index contributed by atoms with van der Waals surface area (Å²) in [7, 11) is 0. The Morgan fingerprint density at radius 1 is 1.25 bits per heavy atom. The number of rotatable bonds is 3. The molecule has 0 aliphatic carbocycles. The van der Waals surface area contributed by atoms with E-state index in [1.54, 1.807) is 0 Å². The van der Waals surface area contributed by atoms with Gasteiger partial charge in [-0.25, -0.2) is 4.79 Å². The van der Waals surface area contributed by atoms with Gasteiger partial charge in [0.1, 0.15) is 4.99 Å². The van der Waals surface area contributed by atoms with E-state index in [2.05, 4.69) is 5.32 Å². The summed E-state index contributed by atoms with van der Waals surface area (Å²) in [6.07, 6.45) is 4.65. The zero-order valence-electron chi connectivity index (χ0n) is 11.6. The zero-order valence-corrected chi connectivity index (χ0v) is 12.4. The Kier molecular flexibility index (Phi) is 5.35. The van der Waals surface area contributed by atoms with Crippen LogP contribution < -0.4 is 11.1 Å². The van der Waals surface area contributed by atoms with Crippen molar-refractivity contribution in [3.63, 3.8) is 0 Å².